The van der Waals surface area contributed by atoms with E-state index in [2.05, 4.69) is 4.74 Å². The first-order valence-electron chi connectivity index (χ1n) is 5.70. The van der Waals surface area contributed by atoms with Crippen LogP contribution in [0.25, 0.3) is 0 Å². The Bertz CT molecular complexity index is 493. The van der Waals surface area contributed by atoms with Gasteiger partial charge in [0.15, 0.2) is 11.7 Å². The maximum atomic E-state index is 11.8. The number of carbonyl (C=O) groups is 3. The van der Waals surface area contributed by atoms with Crippen LogP contribution in [0.1, 0.15) is 13.3 Å². The normalized spacial score (nSPS) is 40.8. The third-order valence-corrected chi connectivity index (χ3v) is 3.92. The van der Waals surface area contributed by atoms with Crippen LogP contribution >= 0.6 is 0 Å². The molecule has 0 amide bonds. The fraction of sp³-hybridized carbons (Fsp3) is 0.583. The van der Waals surface area contributed by atoms with Crippen molar-refractivity contribution >= 4 is 17.9 Å². The summed E-state index contributed by atoms with van der Waals surface area (Å²) >= 11 is 0. The van der Waals surface area contributed by atoms with Crippen molar-refractivity contribution in [1.82, 2.24) is 0 Å². The Kier molecular flexibility index (Phi) is 2.09. The summed E-state index contributed by atoms with van der Waals surface area (Å²) in [5.74, 6) is -2.17. The number of rotatable bonds is 1. The first kappa shape index (κ1) is 11.3. The van der Waals surface area contributed by atoms with Gasteiger partial charge in [0.2, 0.25) is 0 Å². The molecule has 0 aromatic heterocycles. The van der Waals surface area contributed by atoms with Gasteiger partial charge < -0.3 is 14.2 Å². The molecular weight excluding hydrogens is 240 g/mol. The van der Waals surface area contributed by atoms with Crippen molar-refractivity contribution in [2.75, 3.05) is 7.11 Å². The summed E-state index contributed by atoms with van der Waals surface area (Å²) in [6.07, 6.45) is 1.15. The van der Waals surface area contributed by atoms with E-state index < -0.39 is 29.6 Å². The van der Waals surface area contributed by atoms with Gasteiger partial charge >= 0.3 is 17.9 Å². The molecule has 96 valence electrons. The number of esters is 3. The van der Waals surface area contributed by atoms with E-state index in [1.54, 1.807) is 13.0 Å². The van der Waals surface area contributed by atoms with Crippen LogP contribution < -0.4 is 0 Å². The summed E-state index contributed by atoms with van der Waals surface area (Å²) in [4.78, 5) is 34.9. The van der Waals surface area contributed by atoms with Gasteiger partial charge in [-0.25, -0.2) is 4.79 Å². The van der Waals surface area contributed by atoms with E-state index in [1.165, 1.54) is 7.11 Å². The molecule has 18 heavy (non-hydrogen) atoms. The average Bonchev–Trinajstić information content (AvgIpc) is 2.71. The number of hydrogen-bond donors (Lipinski definition) is 0. The van der Waals surface area contributed by atoms with Gasteiger partial charge in [0.25, 0.3) is 0 Å². The van der Waals surface area contributed by atoms with E-state index in [0.717, 1.165) is 0 Å². The molecule has 4 aliphatic rings. The molecule has 0 spiro atoms. The Labute approximate surface area is 103 Å². The quantitative estimate of drug-likeness (QED) is 0.481. The summed E-state index contributed by atoms with van der Waals surface area (Å²) in [5.41, 5.74) is -0.971. The smallest absolute Gasteiger partial charge is 0.337 e. The fourth-order valence-electron chi connectivity index (χ4n) is 3.05. The molecule has 6 heteroatoms. The van der Waals surface area contributed by atoms with E-state index in [4.69, 9.17) is 9.47 Å². The highest BCUT2D eigenvalue weighted by Gasteiger charge is 2.64. The highest BCUT2D eigenvalue weighted by atomic mass is 16.6. The molecule has 0 saturated carbocycles. The Morgan fingerprint density at radius 3 is 2.89 bits per heavy atom. The lowest BCUT2D eigenvalue weighted by Gasteiger charge is -2.47. The third kappa shape index (κ3) is 1.20. The second-order valence-electron chi connectivity index (χ2n) is 4.90. The highest BCUT2D eigenvalue weighted by Crippen LogP contribution is 2.50. The molecule has 2 bridgehead atoms. The minimum Gasteiger partial charge on any atom is -0.466 e. The molecule has 1 aliphatic carbocycles. The van der Waals surface area contributed by atoms with Crippen molar-refractivity contribution in [1.29, 1.82) is 0 Å². The molecular formula is C12H12O6. The van der Waals surface area contributed by atoms with Crippen molar-refractivity contribution in [2.24, 2.45) is 11.8 Å². The fourth-order valence-corrected chi connectivity index (χ4v) is 3.05. The predicted octanol–water partition coefficient (Wildman–Crippen LogP) is -0.0372. The standard InChI is InChI=1S/C12H12O6/c1-12-7(11(15)16-2)3-6(10(14)18-12)5-4-8(13)17-9(5)12/h3,5-6,9H,4H2,1-2H3/t5-,6+,9-,12-/m0/s1. The summed E-state index contributed by atoms with van der Waals surface area (Å²) in [6.45, 7) is 1.58. The first-order valence-corrected chi connectivity index (χ1v) is 5.70. The van der Waals surface area contributed by atoms with Gasteiger partial charge in [0, 0.05) is 5.92 Å². The zero-order valence-electron chi connectivity index (χ0n) is 9.97. The molecule has 3 aliphatic heterocycles. The van der Waals surface area contributed by atoms with Crippen LogP contribution in [0.5, 0.6) is 0 Å². The van der Waals surface area contributed by atoms with Crippen LogP contribution in [-0.2, 0) is 28.6 Å². The Morgan fingerprint density at radius 2 is 2.22 bits per heavy atom. The molecule has 2 fully saturated rings. The number of carbonyl (C=O) groups excluding carboxylic acids is 3. The van der Waals surface area contributed by atoms with Crippen LogP contribution in [0, 0.1) is 11.8 Å². The summed E-state index contributed by atoms with van der Waals surface area (Å²) in [5, 5.41) is 0. The topological polar surface area (TPSA) is 78.9 Å². The number of ether oxygens (including phenoxy) is 3. The van der Waals surface area contributed by atoms with Crippen LogP contribution in [0.15, 0.2) is 11.6 Å². The molecule has 0 unspecified atom stereocenters. The van der Waals surface area contributed by atoms with E-state index >= 15 is 0 Å². The van der Waals surface area contributed by atoms with E-state index in [-0.39, 0.29) is 23.9 Å². The van der Waals surface area contributed by atoms with Gasteiger partial charge in [-0.15, -0.1) is 0 Å². The van der Waals surface area contributed by atoms with Gasteiger partial charge in [-0.3, -0.25) is 9.59 Å². The monoisotopic (exact) mass is 252 g/mol. The van der Waals surface area contributed by atoms with Crippen LogP contribution in [0.2, 0.25) is 0 Å². The molecule has 0 aromatic carbocycles. The third-order valence-electron chi connectivity index (χ3n) is 3.92. The van der Waals surface area contributed by atoms with Crippen molar-refractivity contribution in [3.05, 3.63) is 11.6 Å². The largest absolute Gasteiger partial charge is 0.466 e. The van der Waals surface area contributed by atoms with Gasteiger partial charge in [0.05, 0.1) is 25.0 Å². The summed E-state index contributed by atoms with van der Waals surface area (Å²) in [7, 11) is 1.26. The molecule has 4 atom stereocenters. The van der Waals surface area contributed by atoms with Crippen LogP contribution in [-0.4, -0.2) is 36.7 Å². The molecule has 6 nitrogen and oxygen atoms in total. The Balaban J connectivity index is 2.10. The van der Waals surface area contributed by atoms with Crippen molar-refractivity contribution in [3.8, 4) is 0 Å². The molecule has 2 saturated heterocycles. The second kappa shape index (κ2) is 3.34. The number of fused-ring (bicyclic) bond motifs is 1. The molecule has 4 rings (SSSR count). The number of hydrogen-bond acceptors (Lipinski definition) is 6. The Hall–Kier alpha value is -1.85. The van der Waals surface area contributed by atoms with E-state index in [9.17, 15) is 14.4 Å². The van der Waals surface area contributed by atoms with Crippen LogP contribution in [0.3, 0.4) is 0 Å². The lowest BCUT2D eigenvalue weighted by molar-refractivity contribution is -0.197. The van der Waals surface area contributed by atoms with E-state index in [1.807, 2.05) is 0 Å². The molecule has 0 N–H and O–H groups in total. The minimum atomic E-state index is -1.23. The lowest BCUT2D eigenvalue weighted by atomic mass is 9.68. The van der Waals surface area contributed by atoms with E-state index in [0.29, 0.717) is 0 Å². The molecule has 0 aromatic rings. The van der Waals surface area contributed by atoms with Crippen molar-refractivity contribution in [3.63, 3.8) is 0 Å². The van der Waals surface area contributed by atoms with Gasteiger partial charge in [-0.2, -0.15) is 0 Å². The Morgan fingerprint density at radius 1 is 1.50 bits per heavy atom. The average molecular weight is 252 g/mol. The first-order chi connectivity index (χ1) is 8.47. The van der Waals surface area contributed by atoms with Gasteiger partial charge in [-0.1, -0.05) is 6.08 Å². The van der Waals surface area contributed by atoms with Crippen molar-refractivity contribution in [2.45, 2.75) is 25.0 Å². The molecule has 3 heterocycles. The highest BCUT2D eigenvalue weighted by molar-refractivity contribution is 5.96. The summed E-state index contributed by atoms with van der Waals surface area (Å²) in [6, 6.07) is 0. The van der Waals surface area contributed by atoms with Gasteiger partial charge in [-0.05, 0) is 6.92 Å². The zero-order valence-corrected chi connectivity index (χ0v) is 9.97. The number of methoxy groups -OCH3 is 1. The molecule has 0 radical (unpaired) electrons. The minimum absolute atomic E-state index is 0.185. The second-order valence-corrected chi connectivity index (χ2v) is 4.90. The maximum Gasteiger partial charge on any atom is 0.337 e. The SMILES string of the molecule is COC(=O)C1=C[C@H]2C(=O)O[C@]1(C)[C@H]1OC(=O)C[C@@H]21. The predicted molar refractivity (Wildman–Crippen MR) is 56.1 cm³/mol. The van der Waals surface area contributed by atoms with Crippen LogP contribution in [0.4, 0.5) is 0 Å². The maximum absolute atomic E-state index is 11.8. The van der Waals surface area contributed by atoms with Crippen molar-refractivity contribution < 1.29 is 28.6 Å². The lowest BCUT2D eigenvalue weighted by Crippen LogP contribution is -2.60. The zero-order chi connectivity index (χ0) is 13.1. The summed E-state index contributed by atoms with van der Waals surface area (Å²) < 4.78 is 15.2. The van der Waals surface area contributed by atoms with Gasteiger partial charge in [0.1, 0.15) is 0 Å².